The molecule has 5 aromatic rings. The van der Waals surface area contributed by atoms with Crippen LogP contribution in [0.2, 0.25) is 0 Å². The van der Waals surface area contributed by atoms with Crippen molar-refractivity contribution in [1.29, 1.82) is 0 Å². The van der Waals surface area contributed by atoms with E-state index >= 15 is 0 Å². The Bertz CT molecular complexity index is 2080. The van der Waals surface area contributed by atoms with Gasteiger partial charge in [0.05, 0.1) is 43.9 Å². The maximum atomic E-state index is 13.6. The SMILES string of the molecule is COc1c(O)c2c(=O)cc(OC)c3c4c(OC)cc(=O)c5c6c(c7c(c(c1[C@@H](C(C)=O)[C@@H]7C(C)=O)c23)c54)OCO6. The number of rotatable bonds is 5. The summed E-state index contributed by atoms with van der Waals surface area (Å²) in [5.74, 6) is -2.65. The van der Waals surface area contributed by atoms with Crippen LogP contribution in [-0.4, -0.2) is 44.8 Å². The van der Waals surface area contributed by atoms with Crippen molar-refractivity contribution in [3.05, 3.63) is 43.7 Å². The first-order chi connectivity index (χ1) is 19.2. The molecule has 10 heteroatoms. The smallest absolute Gasteiger partial charge is 0.231 e. The van der Waals surface area contributed by atoms with Crippen LogP contribution in [-0.2, 0) is 9.59 Å². The first-order valence-corrected chi connectivity index (χ1v) is 12.5. The second kappa shape index (κ2) is 7.84. The quantitative estimate of drug-likeness (QED) is 0.259. The number of Topliss-reactive ketones (excluding diaryl/α,β-unsaturated/α-hetero) is 2. The highest BCUT2D eigenvalue weighted by atomic mass is 16.7. The fourth-order valence-electron chi connectivity index (χ4n) is 6.98. The van der Waals surface area contributed by atoms with Crippen molar-refractivity contribution in [2.45, 2.75) is 25.7 Å². The van der Waals surface area contributed by atoms with Gasteiger partial charge in [-0.1, -0.05) is 0 Å². The summed E-state index contributed by atoms with van der Waals surface area (Å²) in [4.78, 5) is 53.9. The van der Waals surface area contributed by atoms with Crippen LogP contribution in [0, 0.1) is 0 Å². The number of benzene rings is 5. The topological polar surface area (TPSA) is 135 Å². The number of methoxy groups -OCH3 is 3. The highest BCUT2D eigenvalue weighted by Gasteiger charge is 2.47. The Hall–Kier alpha value is -4.86. The molecule has 1 N–H and O–H groups in total. The van der Waals surface area contributed by atoms with Gasteiger partial charge in [-0.2, -0.15) is 0 Å². The number of carbonyl (C=O) groups is 2. The molecule has 0 unspecified atom stereocenters. The predicted octanol–water partition coefficient (Wildman–Crippen LogP) is 3.71. The first kappa shape index (κ1) is 24.2. The Morgan fingerprint density at radius 1 is 0.700 bits per heavy atom. The highest BCUT2D eigenvalue weighted by Crippen LogP contribution is 2.62. The molecule has 0 fully saturated rings. The molecule has 0 bridgehead atoms. The van der Waals surface area contributed by atoms with Gasteiger partial charge < -0.3 is 28.8 Å². The van der Waals surface area contributed by atoms with E-state index in [0.717, 1.165) is 0 Å². The van der Waals surface area contributed by atoms with Crippen molar-refractivity contribution >= 4 is 54.7 Å². The van der Waals surface area contributed by atoms with Gasteiger partial charge in [-0.05, 0) is 24.6 Å². The van der Waals surface area contributed by atoms with E-state index in [1.54, 1.807) is 0 Å². The van der Waals surface area contributed by atoms with Gasteiger partial charge in [-0.3, -0.25) is 19.2 Å². The zero-order valence-electron chi connectivity index (χ0n) is 22.1. The van der Waals surface area contributed by atoms with E-state index in [9.17, 15) is 24.3 Å². The second-order valence-electron chi connectivity index (χ2n) is 10.1. The summed E-state index contributed by atoms with van der Waals surface area (Å²) in [6.45, 7) is 2.53. The lowest BCUT2D eigenvalue weighted by atomic mass is 9.67. The third kappa shape index (κ3) is 2.58. The maximum Gasteiger partial charge on any atom is 0.231 e. The largest absolute Gasteiger partial charge is 0.504 e. The van der Waals surface area contributed by atoms with Crippen LogP contribution in [0.5, 0.6) is 34.5 Å². The molecule has 7 rings (SSSR count). The predicted molar refractivity (Wildman–Crippen MR) is 146 cm³/mol. The molecule has 1 aliphatic heterocycles. The van der Waals surface area contributed by atoms with Gasteiger partial charge in [0.25, 0.3) is 0 Å². The van der Waals surface area contributed by atoms with Gasteiger partial charge in [-0.25, -0.2) is 0 Å². The van der Waals surface area contributed by atoms with Gasteiger partial charge in [-0.15, -0.1) is 0 Å². The summed E-state index contributed by atoms with van der Waals surface area (Å²) in [5, 5.41) is 14.0. The molecule has 2 aliphatic rings. The van der Waals surface area contributed by atoms with Gasteiger partial charge in [0.15, 0.2) is 33.9 Å². The Labute approximate surface area is 225 Å². The zero-order chi connectivity index (χ0) is 28.4. The molecule has 0 saturated carbocycles. The average Bonchev–Trinajstić information content (AvgIpc) is 3.41. The van der Waals surface area contributed by atoms with Crippen molar-refractivity contribution in [1.82, 2.24) is 0 Å². The van der Waals surface area contributed by atoms with E-state index in [4.69, 9.17) is 23.7 Å². The molecule has 1 aliphatic carbocycles. The minimum atomic E-state index is -1.09. The third-order valence-electron chi connectivity index (χ3n) is 8.30. The molecule has 0 amide bonds. The lowest BCUT2D eigenvalue weighted by Gasteiger charge is -2.35. The number of phenols is 1. The Balaban J connectivity index is 2.01. The number of hydrogen-bond acceptors (Lipinski definition) is 10. The van der Waals surface area contributed by atoms with Crippen LogP contribution in [0.3, 0.4) is 0 Å². The van der Waals surface area contributed by atoms with Crippen LogP contribution >= 0.6 is 0 Å². The standard InChI is InChI=1S/C30H22O10/c1-9(31)15-16(10(2)32)26-24-22-18(29-30(26)40-8-39-29)12(34)7-14(37-4)20(22)19-13(36-3)6-11(33)17-21(19)23(24)25(15)28(38-5)27(17)35/h6-7,15-16,35H,8H2,1-5H3/t15-,16-/m0/s1. The first-order valence-electron chi connectivity index (χ1n) is 12.5. The van der Waals surface area contributed by atoms with Crippen molar-refractivity contribution in [2.24, 2.45) is 0 Å². The van der Waals surface area contributed by atoms with Crippen molar-refractivity contribution in [3.63, 3.8) is 0 Å². The lowest BCUT2D eigenvalue weighted by molar-refractivity contribution is -0.125. The maximum absolute atomic E-state index is 13.6. The average molecular weight is 542 g/mol. The van der Waals surface area contributed by atoms with Crippen LogP contribution in [0.1, 0.15) is 36.8 Å². The Morgan fingerprint density at radius 2 is 1.20 bits per heavy atom. The second-order valence-corrected chi connectivity index (χ2v) is 10.1. The molecule has 10 nitrogen and oxygen atoms in total. The molecular formula is C30H22O10. The number of hydrogen-bond donors (Lipinski definition) is 1. The summed E-state index contributed by atoms with van der Waals surface area (Å²) in [5.41, 5.74) is -0.310. The molecule has 0 saturated heterocycles. The lowest BCUT2D eigenvalue weighted by Crippen LogP contribution is -2.28. The monoisotopic (exact) mass is 542 g/mol. The van der Waals surface area contributed by atoms with E-state index < -0.39 is 28.4 Å². The fraction of sp³-hybridized carbons (Fsp3) is 0.267. The number of carbonyl (C=O) groups excluding carboxylic acids is 2. The zero-order valence-corrected chi connectivity index (χ0v) is 22.1. The van der Waals surface area contributed by atoms with Crippen molar-refractivity contribution in [2.75, 3.05) is 28.1 Å². The van der Waals surface area contributed by atoms with Crippen LogP contribution in [0.15, 0.2) is 21.7 Å². The van der Waals surface area contributed by atoms with E-state index in [2.05, 4.69) is 0 Å². The summed E-state index contributed by atoms with van der Waals surface area (Å²) in [6.07, 6.45) is 0. The Morgan fingerprint density at radius 3 is 1.75 bits per heavy atom. The molecule has 40 heavy (non-hydrogen) atoms. The number of ether oxygens (including phenoxy) is 5. The molecule has 1 heterocycles. The minimum Gasteiger partial charge on any atom is -0.504 e. The van der Waals surface area contributed by atoms with Gasteiger partial charge >= 0.3 is 0 Å². The molecule has 202 valence electrons. The minimum absolute atomic E-state index is 0.0503. The molecular weight excluding hydrogens is 520 g/mol. The van der Waals surface area contributed by atoms with Crippen LogP contribution < -0.4 is 34.5 Å². The van der Waals surface area contributed by atoms with Gasteiger partial charge in [0, 0.05) is 44.8 Å². The number of fused-ring (bicyclic) bond motifs is 4. The number of phenolic OH excluding ortho intramolecular Hbond substituents is 1. The van der Waals surface area contributed by atoms with E-state index in [1.165, 1.54) is 47.3 Å². The molecule has 5 aromatic carbocycles. The Kier molecular flexibility index (Phi) is 4.75. The fourth-order valence-corrected chi connectivity index (χ4v) is 6.98. The number of aromatic hydroxyl groups is 1. The number of ketones is 2. The molecule has 2 atom stereocenters. The van der Waals surface area contributed by atoms with Crippen molar-refractivity contribution in [3.8, 4) is 34.5 Å². The van der Waals surface area contributed by atoms with E-state index in [0.29, 0.717) is 37.9 Å². The van der Waals surface area contributed by atoms with Gasteiger partial charge in [0.1, 0.15) is 23.1 Å². The molecule has 0 spiro atoms. The normalized spacial score (nSPS) is 17.4. The molecule has 0 aromatic heterocycles. The molecule has 0 radical (unpaired) electrons. The summed E-state index contributed by atoms with van der Waals surface area (Å²) < 4.78 is 28.7. The highest BCUT2D eigenvalue weighted by molar-refractivity contribution is 6.39. The van der Waals surface area contributed by atoms with Crippen molar-refractivity contribution < 1.29 is 38.4 Å². The third-order valence-corrected chi connectivity index (χ3v) is 8.30. The van der Waals surface area contributed by atoms with Crippen LogP contribution in [0.25, 0.3) is 43.1 Å². The van der Waals surface area contributed by atoms with E-state index in [1.807, 2.05) is 0 Å². The summed E-state index contributed by atoms with van der Waals surface area (Å²) in [6, 6.07) is 2.57. The van der Waals surface area contributed by atoms with Crippen LogP contribution in [0.4, 0.5) is 0 Å². The summed E-state index contributed by atoms with van der Waals surface area (Å²) >= 11 is 0. The van der Waals surface area contributed by atoms with E-state index in [-0.39, 0.29) is 63.4 Å². The van der Waals surface area contributed by atoms with Gasteiger partial charge in [0.2, 0.25) is 6.79 Å². The summed E-state index contributed by atoms with van der Waals surface area (Å²) in [7, 11) is 4.14.